The third-order valence-electron chi connectivity index (χ3n) is 4.86. The predicted octanol–water partition coefficient (Wildman–Crippen LogP) is 3.03. The molecule has 2 N–H and O–H groups in total. The van der Waals surface area contributed by atoms with E-state index in [9.17, 15) is 9.50 Å². The Labute approximate surface area is 148 Å². The Morgan fingerprint density at radius 3 is 2.60 bits per heavy atom. The Balaban J connectivity index is 1.59. The topological polar surface area (TPSA) is 48.4 Å². The van der Waals surface area contributed by atoms with Crippen molar-refractivity contribution in [2.75, 3.05) is 13.1 Å². The minimum Gasteiger partial charge on any atom is -0.393 e. The lowest BCUT2D eigenvalue weighted by Crippen LogP contribution is -2.35. The van der Waals surface area contributed by atoms with Crippen molar-refractivity contribution in [2.45, 2.75) is 45.0 Å². The van der Waals surface area contributed by atoms with Gasteiger partial charge in [0.05, 0.1) is 18.0 Å². The van der Waals surface area contributed by atoms with Crippen molar-refractivity contribution in [3.8, 4) is 0 Å². The number of aromatic nitrogens is 1. The molecule has 1 aromatic heterocycles. The van der Waals surface area contributed by atoms with E-state index < -0.39 is 0 Å². The molecule has 0 radical (unpaired) electrons. The highest BCUT2D eigenvalue weighted by molar-refractivity contribution is 5.27. The van der Waals surface area contributed by atoms with E-state index >= 15 is 0 Å². The lowest BCUT2D eigenvalue weighted by atomic mass is 10.0. The Morgan fingerprint density at radius 2 is 1.92 bits per heavy atom. The summed E-state index contributed by atoms with van der Waals surface area (Å²) in [6, 6.07) is 11.7. The number of hydrogen-bond donors (Lipinski definition) is 2. The summed E-state index contributed by atoms with van der Waals surface area (Å²) in [7, 11) is 0. The molecule has 25 heavy (non-hydrogen) atoms. The van der Waals surface area contributed by atoms with Crippen molar-refractivity contribution in [1.29, 1.82) is 0 Å². The zero-order chi connectivity index (χ0) is 17.6. The average Bonchev–Trinajstić information content (AvgIpc) is 2.63. The van der Waals surface area contributed by atoms with Crippen molar-refractivity contribution in [2.24, 2.45) is 0 Å². The molecule has 2 aromatic rings. The molecular formula is C20H26FN3O. The lowest BCUT2D eigenvalue weighted by molar-refractivity contribution is 0.0791. The Hall–Kier alpha value is -1.82. The second-order valence-corrected chi connectivity index (χ2v) is 6.78. The van der Waals surface area contributed by atoms with Crippen molar-refractivity contribution in [1.82, 2.24) is 15.2 Å². The van der Waals surface area contributed by atoms with Gasteiger partial charge in [0.25, 0.3) is 0 Å². The standard InChI is InChI=1S/C20H26FN3O/c1-15(20-7-6-18(21)13-23-20)22-12-16-4-2-3-5-17(16)14-24-10-8-19(25)9-11-24/h2-7,13,15,19,22,25H,8-12,14H2,1H3. The number of halogens is 1. The second kappa shape index (κ2) is 8.52. The number of rotatable bonds is 6. The molecule has 134 valence electrons. The van der Waals surface area contributed by atoms with Gasteiger partial charge in [0, 0.05) is 32.2 Å². The van der Waals surface area contributed by atoms with Crippen LogP contribution in [0.4, 0.5) is 4.39 Å². The Morgan fingerprint density at radius 1 is 1.20 bits per heavy atom. The first kappa shape index (κ1) is 18.0. The third-order valence-corrected chi connectivity index (χ3v) is 4.86. The lowest BCUT2D eigenvalue weighted by Gasteiger charge is -2.30. The SMILES string of the molecule is CC(NCc1ccccc1CN1CCC(O)CC1)c1ccc(F)cn1. The fraction of sp³-hybridized carbons (Fsp3) is 0.450. The second-order valence-electron chi connectivity index (χ2n) is 6.78. The summed E-state index contributed by atoms with van der Waals surface area (Å²) in [5, 5.41) is 13.1. The van der Waals surface area contributed by atoms with Gasteiger partial charge in [0.1, 0.15) is 5.82 Å². The van der Waals surface area contributed by atoms with Crippen molar-refractivity contribution in [3.63, 3.8) is 0 Å². The largest absolute Gasteiger partial charge is 0.393 e. The maximum atomic E-state index is 13.0. The van der Waals surface area contributed by atoms with E-state index in [2.05, 4.69) is 39.5 Å². The highest BCUT2D eigenvalue weighted by atomic mass is 19.1. The van der Waals surface area contributed by atoms with Crippen LogP contribution >= 0.6 is 0 Å². The van der Waals surface area contributed by atoms with Crippen molar-refractivity contribution >= 4 is 0 Å². The zero-order valence-corrected chi connectivity index (χ0v) is 14.7. The van der Waals surface area contributed by atoms with Crippen LogP contribution in [0.15, 0.2) is 42.6 Å². The monoisotopic (exact) mass is 343 g/mol. The summed E-state index contributed by atoms with van der Waals surface area (Å²) in [5.74, 6) is -0.312. The molecule has 0 bridgehead atoms. The van der Waals surface area contributed by atoms with Crippen LogP contribution in [0, 0.1) is 5.82 Å². The van der Waals surface area contributed by atoms with Gasteiger partial charge in [0.2, 0.25) is 0 Å². The highest BCUT2D eigenvalue weighted by Crippen LogP contribution is 2.18. The Bertz CT molecular complexity index is 669. The van der Waals surface area contributed by atoms with Crippen LogP contribution in [0.25, 0.3) is 0 Å². The Kier molecular flexibility index (Phi) is 6.13. The van der Waals surface area contributed by atoms with E-state index in [0.717, 1.165) is 44.7 Å². The van der Waals surface area contributed by atoms with E-state index in [-0.39, 0.29) is 18.0 Å². The van der Waals surface area contributed by atoms with Gasteiger partial charge in [0.15, 0.2) is 0 Å². The zero-order valence-electron chi connectivity index (χ0n) is 14.7. The first-order chi connectivity index (χ1) is 12.1. The van der Waals surface area contributed by atoms with Crippen molar-refractivity contribution < 1.29 is 9.50 Å². The number of aliphatic hydroxyl groups is 1. The van der Waals surface area contributed by atoms with Gasteiger partial charge in [-0.1, -0.05) is 24.3 Å². The van der Waals surface area contributed by atoms with Crippen LogP contribution in [-0.4, -0.2) is 34.2 Å². The van der Waals surface area contributed by atoms with Crippen LogP contribution in [0.3, 0.4) is 0 Å². The smallest absolute Gasteiger partial charge is 0.141 e. The minimum absolute atomic E-state index is 0.0544. The fourth-order valence-corrected chi connectivity index (χ4v) is 3.21. The molecule has 1 saturated heterocycles. The molecule has 1 atom stereocenters. The van der Waals surface area contributed by atoms with Crippen LogP contribution < -0.4 is 5.32 Å². The molecule has 1 aliphatic heterocycles. The molecular weight excluding hydrogens is 317 g/mol. The van der Waals surface area contributed by atoms with Gasteiger partial charge >= 0.3 is 0 Å². The highest BCUT2D eigenvalue weighted by Gasteiger charge is 2.18. The molecule has 0 amide bonds. The van der Waals surface area contributed by atoms with Gasteiger partial charge in [-0.15, -0.1) is 0 Å². The number of nitrogens with one attached hydrogen (secondary N) is 1. The summed E-state index contributed by atoms with van der Waals surface area (Å²) in [5.41, 5.74) is 3.41. The molecule has 4 nitrogen and oxygen atoms in total. The molecule has 0 spiro atoms. The number of nitrogens with zero attached hydrogens (tertiary/aromatic N) is 2. The minimum atomic E-state index is -0.312. The first-order valence-electron chi connectivity index (χ1n) is 8.94. The van der Waals surface area contributed by atoms with E-state index in [1.165, 1.54) is 23.4 Å². The quantitative estimate of drug-likeness (QED) is 0.846. The van der Waals surface area contributed by atoms with E-state index in [1.54, 1.807) is 6.07 Å². The number of pyridine rings is 1. The van der Waals surface area contributed by atoms with Crippen molar-refractivity contribution in [3.05, 3.63) is 65.2 Å². The van der Waals surface area contributed by atoms with E-state index in [0.29, 0.717) is 0 Å². The molecule has 2 heterocycles. The molecule has 5 heteroatoms. The number of aliphatic hydroxyl groups excluding tert-OH is 1. The number of likely N-dealkylation sites (tertiary alicyclic amines) is 1. The predicted molar refractivity (Wildman–Crippen MR) is 96.4 cm³/mol. The number of hydrogen-bond acceptors (Lipinski definition) is 4. The number of benzene rings is 1. The summed E-state index contributed by atoms with van der Waals surface area (Å²) in [6.07, 6.45) is 2.82. The maximum absolute atomic E-state index is 13.0. The van der Waals surface area contributed by atoms with E-state index in [4.69, 9.17) is 0 Å². The molecule has 1 unspecified atom stereocenters. The summed E-state index contributed by atoms with van der Waals surface area (Å²) < 4.78 is 13.0. The molecule has 1 aliphatic rings. The summed E-state index contributed by atoms with van der Waals surface area (Å²) >= 11 is 0. The molecule has 1 fully saturated rings. The summed E-state index contributed by atoms with van der Waals surface area (Å²) in [4.78, 5) is 6.54. The van der Waals surface area contributed by atoms with E-state index in [1.807, 2.05) is 6.92 Å². The molecule has 0 aliphatic carbocycles. The van der Waals surface area contributed by atoms with Gasteiger partial charge in [-0.25, -0.2) is 4.39 Å². The van der Waals surface area contributed by atoms with Crippen LogP contribution in [0.2, 0.25) is 0 Å². The average molecular weight is 343 g/mol. The molecule has 3 rings (SSSR count). The van der Waals surface area contributed by atoms with Crippen LogP contribution in [0.5, 0.6) is 0 Å². The number of piperidine rings is 1. The summed E-state index contributed by atoms with van der Waals surface area (Å²) in [6.45, 7) is 5.58. The third kappa shape index (κ3) is 5.08. The normalized spacial score (nSPS) is 17.6. The van der Waals surface area contributed by atoms with Crippen LogP contribution in [-0.2, 0) is 13.1 Å². The van der Waals surface area contributed by atoms with Gasteiger partial charge in [-0.2, -0.15) is 0 Å². The maximum Gasteiger partial charge on any atom is 0.141 e. The van der Waals surface area contributed by atoms with Crippen LogP contribution in [0.1, 0.15) is 42.6 Å². The van der Waals surface area contributed by atoms with Gasteiger partial charge in [-0.05, 0) is 43.0 Å². The first-order valence-corrected chi connectivity index (χ1v) is 8.94. The molecule has 0 saturated carbocycles. The van der Waals surface area contributed by atoms with Gasteiger partial charge in [-0.3, -0.25) is 9.88 Å². The van der Waals surface area contributed by atoms with Gasteiger partial charge < -0.3 is 10.4 Å². The fourth-order valence-electron chi connectivity index (χ4n) is 3.21. The molecule has 1 aromatic carbocycles.